The van der Waals surface area contributed by atoms with E-state index < -0.39 is 0 Å². The Balaban J connectivity index is 1.70. The lowest BCUT2D eigenvalue weighted by Crippen LogP contribution is -2.48. The molecule has 0 spiro atoms. The third kappa shape index (κ3) is 4.89. The molecule has 2 aromatic carbocycles. The normalized spacial score (nSPS) is 19.2. The Kier molecular flexibility index (Phi) is 6.31. The Morgan fingerprint density at radius 2 is 1.71 bits per heavy atom. The van der Waals surface area contributed by atoms with Crippen LogP contribution < -0.4 is 10.1 Å². The lowest BCUT2D eigenvalue weighted by Gasteiger charge is -2.35. The van der Waals surface area contributed by atoms with Gasteiger partial charge in [-0.2, -0.15) is 0 Å². The van der Waals surface area contributed by atoms with Crippen molar-refractivity contribution in [3.05, 3.63) is 59.7 Å². The number of benzene rings is 2. The van der Waals surface area contributed by atoms with Gasteiger partial charge in [-0.05, 0) is 43.7 Å². The van der Waals surface area contributed by atoms with Gasteiger partial charge in [0.2, 0.25) is 5.91 Å². The van der Waals surface area contributed by atoms with Crippen molar-refractivity contribution < 1.29 is 19.1 Å². The highest BCUT2D eigenvalue weighted by Gasteiger charge is 2.28. The van der Waals surface area contributed by atoms with Crippen molar-refractivity contribution in [3.63, 3.8) is 0 Å². The van der Waals surface area contributed by atoms with Crippen LogP contribution in [0.15, 0.2) is 48.5 Å². The van der Waals surface area contributed by atoms with Crippen LogP contribution in [0.1, 0.15) is 29.8 Å². The molecular weight excluding hydrogens is 356 g/mol. The molecule has 6 nitrogen and oxygen atoms in total. The number of methoxy groups -OCH3 is 1. The van der Waals surface area contributed by atoms with Crippen molar-refractivity contribution in [2.24, 2.45) is 0 Å². The Hall–Kier alpha value is -2.86. The quantitative estimate of drug-likeness (QED) is 0.863. The van der Waals surface area contributed by atoms with E-state index in [1.54, 1.807) is 30.2 Å². The van der Waals surface area contributed by atoms with Gasteiger partial charge in [0.1, 0.15) is 5.75 Å². The molecule has 0 aliphatic carbocycles. The van der Waals surface area contributed by atoms with Crippen molar-refractivity contribution in [1.82, 2.24) is 4.90 Å². The number of rotatable bonds is 5. The van der Waals surface area contributed by atoms with Crippen molar-refractivity contribution in [2.75, 3.05) is 25.5 Å². The molecule has 1 heterocycles. The molecule has 3 rings (SSSR count). The SMILES string of the molecule is COc1ccc(CC(=O)Nc2ccccc2C(=O)N2C[C@@H](C)O[C@@H](C)C2)cc1. The van der Waals surface area contributed by atoms with E-state index in [9.17, 15) is 9.59 Å². The second-order valence-electron chi connectivity index (χ2n) is 7.09. The zero-order valence-corrected chi connectivity index (χ0v) is 16.5. The fourth-order valence-corrected chi connectivity index (χ4v) is 3.42. The maximum absolute atomic E-state index is 13.0. The fraction of sp³-hybridized carbons (Fsp3) is 0.364. The van der Waals surface area contributed by atoms with Gasteiger partial charge in [-0.3, -0.25) is 9.59 Å². The first-order valence-corrected chi connectivity index (χ1v) is 9.43. The smallest absolute Gasteiger partial charge is 0.256 e. The number of para-hydroxylation sites is 1. The largest absolute Gasteiger partial charge is 0.497 e. The summed E-state index contributed by atoms with van der Waals surface area (Å²) in [6, 6.07) is 14.5. The number of morpholine rings is 1. The van der Waals surface area contributed by atoms with E-state index in [1.807, 2.05) is 44.2 Å². The monoisotopic (exact) mass is 382 g/mol. The number of anilines is 1. The molecule has 28 heavy (non-hydrogen) atoms. The molecule has 0 aromatic heterocycles. The van der Waals surface area contributed by atoms with E-state index in [1.165, 1.54) is 0 Å². The van der Waals surface area contributed by atoms with Crippen LogP contribution in [-0.4, -0.2) is 49.1 Å². The second-order valence-corrected chi connectivity index (χ2v) is 7.09. The first-order chi connectivity index (χ1) is 13.5. The lowest BCUT2D eigenvalue weighted by atomic mass is 10.1. The van der Waals surface area contributed by atoms with Crippen molar-refractivity contribution in [1.29, 1.82) is 0 Å². The van der Waals surface area contributed by atoms with Crippen molar-refractivity contribution >= 4 is 17.5 Å². The summed E-state index contributed by atoms with van der Waals surface area (Å²) in [5.74, 6) is 0.477. The average Bonchev–Trinajstić information content (AvgIpc) is 2.67. The Labute approximate surface area is 165 Å². The molecule has 1 fully saturated rings. The van der Waals surface area contributed by atoms with E-state index >= 15 is 0 Å². The van der Waals surface area contributed by atoms with Gasteiger partial charge in [0.05, 0.1) is 37.0 Å². The van der Waals surface area contributed by atoms with Crippen LogP contribution in [0.3, 0.4) is 0 Å². The number of carbonyl (C=O) groups excluding carboxylic acids is 2. The topological polar surface area (TPSA) is 67.9 Å². The molecule has 1 saturated heterocycles. The van der Waals surface area contributed by atoms with Crippen molar-refractivity contribution in [3.8, 4) is 5.75 Å². The van der Waals surface area contributed by atoms with Gasteiger partial charge in [-0.1, -0.05) is 24.3 Å². The number of amides is 2. The van der Waals surface area contributed by atoms with Crippen LogP contribution in [0.2, 0.25) is 0 Å². The Morgan fingerprint density at radius 1 is 1.07 bits per heavy atom. The molecular formula is C22H26N2O4. The summed E-state index contributed by atoms with van der Waals surface area (Å²) in [6.45, 7) is 4.99. The minimum absolute atomic E-state index is 0.00970. The van der Waals surface area contributed by atoms with Crippen LogP contribution in [0.5, 0.6) is 5.75 Å². The highest BCUT2D eigenvalue weighted by atomic mass is 16.5. The van der Waals surface area contributed by atoms with E-state index in [0.717, 1.165) is 11.3 Å². The van der Waals surface area contributed by atoms with Crippen molar-refractivity contribution in [2.45, 2.75) is 32.5 Å². The maximum Gasteiger partial charge on any atom is 0.256 e. The minimum atomic E-state index is -0.172. The molecule has 0 saturated carbocycles. The Bertz CT molecular complexity index is 825. The number of ether oxygens (including phenoxy) is 2. The van der Waals surface area contributed by atoms with Gasteiger partial charge in [0.25, 0.3) is 5.91 Å². The van der Waals surface area contributed by atoms with E-state index in [4.69, 9.17) is 9.47 Å². The second kappa shape index (κ2) is 8.89. The molecule has 2 amide bonds. The molecule has 2 atom stereocenters. The first kappa shape index (κ1) is 19.9. The van der Waals surface area contributed by atoms with Gasteiger partial charge in [-0.15, -0.1) is 0 Å². The van der Waals surface area contributed by atoms with Crippen LogP contribution in [0.4, 0.5) is 5.69 Å². The number of carbonyl (C=O) groups is 2. The summed E-state index contributed by atoms with van der Waals surface area (Å²) in [5, 5.41) is 2.88. The van der Waals surface area contributed by atoms with Crippen LogP contribution in [0, 0.1) is 0 Å². The summed E-state index contributed by atoms with van der Waals surface area (Å²) in [6.07, 6.45) is 0.201. The van der Waals surface area contributed by atoms with Gasteiger partial charge in [0.15, 0.2) is 0 Å². The summed E-state index contributed by atoms with van der Waals surface area (Å²) in [4.78, 5) is 27.3. The molecule has 1 aliphatic heterocycles. The number of nitrogens with zero attached hydrogens (tertiary/aromatic N) is 1. The van der Waals surface area contributed by atoms with E-state index in [0.29, 0.717) is 24.3 Å². The summed E-state index contributed by atoms with van der Waals surface area (Å²) < 4.78 is 10.8. The standard InChI is InChI=1S/C22H26N2O4/c1-15-13-24(14-16(2)28-15)22(26)19-6-4-5-7-20(19)23-21(25)12-17-8-10-18(27-3)11-9-17/h4-11,15-16H,12-14H2,1-3H3,(H,23,25)/t15-,16+. The summed E-state index contributed by atoms with van der Waals surface area (Å²) >= 11 is 0. The number of nitrogens with one attached hydrogen (secondary N) is 1. The molecule has 1 aliphatic rings. The molecule has 0 radical (unpaired) electrons. The molecule has 2 aromatic rings. The van der Waals surface area contributed by atoms with Gasteiger partial charge < -0.3 is 19.7 Å². The highest BCUT2D eigenvalue weighted by molar-refractivity contribution is 6.04. The first-order valence-electron chi connectivity index (χ1n) is 9.43. The lowest BCUT2D eigenvalue weighted by molar-refractivity contribution is -0.115. The zero-order valence-electron chi connectivity index (χ0n) is 16.5. The molecule has 1 N–H and O–H groups in total. The highest BCUT2D eigenvalue weighted by Crippen LogP contribution is 2.21. The number of hydrogen-bond acceptors (Lipinski definition) is 4. The molecule has 0 unspecified atom stereocenters. The predicted octanol–water partition coefficient (Wildman–Crippen LogP) is 3.13. The zero-order chi connectivity index (χ0) is 20.1. The summed E-state index contributed by atoms with van der Waals surface area (Å²) in [7, 11) is 1.60. The van der Waals surface area contributed by atoms with Gasteiger partial charge >= 0.3 is 0 Å². The van der Waals surface area contributed by atoms with Crippen LogP contribution >= 0.6 is 0 Å². The third-order valence-electron chi connectivity index (χ3n) is 4.66. The van der Waals surface area contributed by atoms with Crippen LogP contribution in [-0.2, 0) is 16.0 Å². The Morgan fingerprint density at radius 3 is 2.36 bits per heavy atom. The van der Waals surface area contributed by atoms with E-state index in [2.05, 4.69) is 5.32 Å². The fourth-order valence-electron chi connectivity index (χ4n) is 3.42. The van der Waals surface area contributed by atoms with E-state index in [-0.39, 0.29) is 30.4 Å². The van der Waals surface area contributed by atoms with Gasteiger partial charge in [0, 0.05) is 13.1 Å². The molecule has 0 bridgehead atoms. The minimum Gasteiger partial charge on any atom is -0.497 e. The maximum atomic E-state index is 13.0. The predicted molar refractivity (Wildman–Crippen MR) is 108 cm³/mol. The third-order valence-corrected chi connectivity index (χ3v) is 4.66. The summed E-state index contributed by atoms with van der Waals surface area (Å²) in [5.41, 5.74) is 1.89. The average molecular weight is 382 g/mol. The number of hydrogen-bond donors (Lipinski definition) is 1. The molecule has 148 valence electrons. The molecule has 6 heteroatoms. The van der Waals surface area contributed by atoms with Crippen LogP contribution in [0.25, 0.3) is 0 Å². The van der Waals surface area contributed by atoms with Gasteiger partial charge in [-0.25, -0.2) is 0 Å².